The lowest BCUT2D eigenvalue weighted by Gasteiger charge is -2.11. The fourth-order valence-corrected chi connectivity index (χ4v) is 2.82. The number of hydrogen-bond donors (Lipinski definition) is 2. The lowest BCUT2D eigenvalue weighted by Crippen LogP contribution is -2.29. The lowest BCUT2D eigenvalue weighted by atomic mass is 10.1. The Morgan fingerprint density at radius 2 is 2.00 bits per heavy atom. The van der Waals surface area contributed by atoms with Crippen LogP contribution in [0.2, 0.25) is 0 Å². The summed E-state index contributed by atoms with van der Waals surface area (Å²) in [5.74, 6) is -0.230. The quantitative estimate of drug-likeness (QED) is 0.604. The fraction of sp³-hybridized carbons (Fsp3) is 0.500. The lowest BCUT2D eigenvalue weighted by molar-refractivity contribution is -0.385. The molecule has 0 spiro atoms. The van der Waals surface area contributed by atoms with Crippen molar-refractivity contribution in [2.45, 2.75) is 25.7 Å². The minimum atomic E-state index is -3.83. The summed E-state index contributed by atoms with van der Waals surface area (Å²) < 4.78 is 26.5. The van der Waals surface area contributed by atoms with Crippen molar-refractivity contribution in [3.8, 4) is 0 Å². The summed E-state index contributed by atoms with van der Waals surface area (Å²) in [7, 11) is -3.83. The van der Waals surface area contributed by atoms with E-state index < -0.39 is 14.9 Å². The number of nitrogens with one attached hydrogen (secondary N) is 1. The van der Waals surface area contributed by atoms with Crippen LogP contribution in [0, 0.1) is 29.9 Å². The smallest absolute Gasteiger partial charge is 0.273 e. The van der Waals surface area contributed by atoms with Gasteiger partial charge in [-0.25, -0.2) is 13.1 Å². The molecule has 0 aromatic heterocycles. The van der Waals surface area contributed by atoms with E-state index in [1.165, 1.54) is 6.07 Å². The first-order chi connectivity index (χ1) is 9.19. The SMILES string of the molecule is Cc1cc(S(=O)(=O)NCC(C)CO)cc([N+](=O)[O-])c1C. The molecular weight excluding hydrogens is 284 g/mol. The van der Waals surface area contributed by atoms with E-state index in [0.717, 1.165) is 6.07 Å². The molecule has 1 atom stereocenters. The van der Waals surface area contributed by atoms with Gasteiger partial charge in [0, 0.05) is 24.8 Å². The van der Waals surface area contributed by atoms with E-state index in [2.05, 4.69) is 4.72 Å². The van der Waals surface area contributed by atoms with Crippen molar-refractivity contribution >= 4 is 15.7 Å². The maximum Gasteiger partial charge on any atom is 0.273 e. The summed E-state index contributed by atoms with van der Waals surface area (Å²) in [5.41, 5.74) is 0.757. The number of nitrogens with zero attached hydrogens (tertiary/aromatic N) is 1. The van der Waals surface area contributed by atoms with Crippen molar-refractivity contribution < 1.29 is 18.4 Å². The number of aliphatic hydroxyl groups is 1. The molecule has 20 heavy (non-hydrogen) atoms. The molecule has 0 fully saturated rings. The number of benzene rings is 1. The number of nitro groups is 1. The fourth-order valence-electron chi connectivity index (χ4n) is 1.55. The zero-order valence-corrected chi connectivity index (χ0v) is 12.4. The van der Waals surface area contributed by atoms with E-state index in [4.69, 9.17) is 5.11 Å². The zero-order valence-electron chi connectivity index (χ0n) is 11.6. The highest BCUT2D eigenvalue weighted by molar-refractivity contribution is 7.89. The van der Waals surface area contributed by atoms with Gasteiger partial charge in [0.1, 0.15) is 0 Å². The molecule has 1 unspecified atom stereocenters. The standard InChI is InChI=1S/C12H18N2O5S/c1-8(7-15)6-13-20(18,19)11-4-9(2)10(3)12(5-11)14(16)17/h4-5,8,13,15H,6-7H2,1-3H3. The summed E-state index contributed by atoms with van der Waals surface area (Å²) in [6.07, 6.45) is 0. The van der Waals surface area contributed by atoms with Crippen LogP contribution in [0.3, 0.4) is 0 Å². The van der Waals surface area contributed by atoms with Crippen molar-refractivity contribution in [1.82, 2.24) is 4.72 Å². The molecule has 0 aliphatic carbocycles. The number of hydrogen-bond acceptors (Lipinski definition) is 5. The molecule has 0 saturated heterocycles. The Hall–Kier alpha value is -1.51. The third-order valence-corrected chi connectivity index (χ3v) is 4.46. The summed E-state index contributed by atoms with van der Waals surface area (Å²) >= 11 is 0. The first kappa shape index (κ1) is 16.5. The highest BCUT2D eigenvalue weighted by Crippen LogP contribution is 2.25. The number of aryl methyl sites for hydroxylation is 1. The summed E-state index contributed by atoms with van der Waals surface area (Å²) in [5, 5.41) is 19.8. The van der Waals surface area contributed by atoms with Gasteiger partial charge in [-0.05, 0) is 31.4 Å². The maximum atomic E-state index is 12.1. The van der Waals surface area contributed by atoms with Crippen molar-refractivity contribution in [2.75, 3.05) is 13.2 Å². The highest BCUT2D eigenvalue weighted by atomic mass is 32.2. The Labute approximate surface area is 117 Å². The van der Waals surface area contributed by atoms with Gasteiger partial charge in [-0.15, -0.1) is 0 Å². The Bertz CT molecular complexity index is 613. The molecule has 2 N–H and O–H groups in total. The van der Waals surface area contributed by atoms with Crippen LogP contribution in [0.4, 0.5) is 5.69 Å². The Kier molecular flexibility index (Phi) is 5.21. The topological polar surface area (TPSA) is 110 Å². The predicted octanol–water partition coefficient (Wildman–Crippen LogP) is 1.12. The highest BCUT2D eigenvalue weighted by Gasteiger charge is 2.21. The van der Waals surface area contributed by atoms with Gasteiger partial charge >= 0.3 is 0 Å². The van der Waals surface area contributed by atoms with Crippen molar-refractivity contribution in [3.63, 3.8) is 0 Å². The van der Waals surface area contributed by atoms with Gasteiger partial charge in [-0.3, -0.25) is 10.1 Å². The molecule has 8 heteroatoms. The Balaban J connectivity index is 3.16. The number of sulfonamides is 1. The average molecular weight is 302 g/mol. The van der Waals surface area contributed by atoms with E-state index in [9.17, 15) is 18.5 Å². The summed E-state index contributed by atoms with van der Waals surface area (Å²) in [6, 6.07) is 2.45. The van der Waals surface area contributed by atoms with Crippen molar-refractivity contribution in [1.29, 1.82) is 0 Å². The predicted molar refractivity (Wildman–Crippen MR) is 74.0 cm³/mol. The molecule has 0 aliphatic heterocycles. The molecule has 1 aromatic rings. The Morgan fingerprint density at radius 3 is 2.50 bits per heavy atom. The molecule has 0 bridgehead atoms. The molecule has 0 amide bonds. The van der Waals surface area contributed by atoms with Crippen LogP contribution < -0.4 is 4.72 Å². The van der Waals surface area contributed by atoms with Crippen LogP contribution in [0.5, 0.6) is 0 Å². The second-order valence-electron chi connectivity index (χ2n) is 4.78. The summed E-state index contributed by atoms with van der Waals surface area (Å²) in [6.45, 7) is 4.81. The normalized spacial score (nSPS) is 13.2. The van der Waals surface area contributed by atoms with Gasteiger partial charge < -0.3 is 5.11 Å². The first-order valence-electron chi connectivity index (χ1n) is 6.05. The molecule has 1 rings (SSSR count). The second kappa shape index (κ2) is 6.29. The number of rotatable bonds is 6. The van der Waals surface area contributed by atoms with E-state index in [0.29, 0.717) is 11.1 Å². The van der Waals surface area contributed by atoms with Crippen LogP contribution >= 0.6 is 0 Å². The van der Waals surface area contributed by atoms with Gasteiger partial charge in [-0.2, -0.15) is 0 Å². The van der Waals surface area contributed by atoms with Crippen molar-refractivity contribution in [2.24, 2.45) is 5.92 Å². The van der Waals surface area contributed by atoms with E-state index in [1.54, 1.807) is 20.8 Å². The van der Waals surface area contributed by atoms with Gasteiger partial charge in [0.05, 0.1) is 9.82 Å². The minimum Gasteiger partial charge on any atom is -0.396 e. The third-order valence-electron chi connectivity index (χ3n) is 3.05. The first-order valence-corrected chi connectivity index (χ1v) is 7.53. The van der Waals surface area contributed by atoms with Gasteiger partial charge in [0.2, 0.25) is 10.0 Å². The van der Waals surface area contributed by atoms with E-state index in [-0.39, 0.29) is 29.7 Å². The molecule has 7 nitrogen and oxygen atoms in total. The molecular formula is C12H18N2O5S. The molecule has 0 saturated carbocycles. The van der Waals surface area contributed by atoms with Crippen LogP contribution in [0.25, 0.3) is 0 Å². The molecule has 0 aliphatic rings. The molecule has 112 valence electrons. The van der Waals surface area contributed by atoms with Gasteiger partial charge in [0.25, 0.3) is 5.69 Å². The van der Waals surface area contributed by atoms with Gasteiger partial charge in [0.15, 0.2) is 0 Å². The number of nitro benzene ring substituents is 1. The van der Waals surface area contributed by atoms with Crippen LogP contribution in [-0.4, -0.2) is 31.6 Å². The van der Waals surface area contributed by atoms with Crippen LogP contribution in [-0.2, 0) is 10.0 Å². The van der Waals surface area contributed by atoms with E-state index in [1.807, 2.05) is 0 Å². The molecule has 1 aromatic carbocycles. The zero-order chi connectivity index (χ0) is 15.5. The third kappa shape index (κ3) is 3.75. The Morgan fingerprint density at radius 1 is 1.40 bits per heavy atom. The monoisotopic (exact) mass is 302 g/mol. The van der Waals surface area contributed by atoms with Crippen molar-refractivity contribution in [3.05, 3.63) is 33.4 Å². The molecule has 0 heterocycles. The summed E-state index contributed by atoms with van der Waals surface area (Å²) in [4.78, 5) is 10.2. The van der Waals surface area contributed by atoms with Crippen LogP contribution in [0.1, 0.15) is 18.1 Å². The number of aliphatic hydroxyl groups excluding tert-OH is 1. The van der Waals surface area contributed by atoms with E-state index >= 15 is 0 Å². The minimum absolute atomic E-state index is 0.0690. The van der Waals surface area contributed by atoms with Gasteiger partial charge in [-0.1, -0.05) is 6.92 Å². The average Bonchev–Trinajstić information content (AvgIpc) is 2.38. The van der Waals surface area contributed by atoms with Crippen LogP contribution in [0.15, 0.2) is 17.0 Å². The maximum absolute atomic E-state index is 12.1. The second-order valence-corrected chi connectivity index (χ2v) is 6.55. The largest absolute Gasteiger partial charge is 0.396 e. The molecule has 0 radical (unpaired) electrons.